The number of anilines is 2. The van der Waals surface area contributed by atoms with Crippen molar-refractivity contribution in [3.63, 3.8) is 0 Å². The second-order valence-corrected chi connectivity index (χ2v) is 12.4. The molecule has 41 heavy (non-hydrogen) atoms. The van der Waals surface area contributed by atoms with Gasteiger partial charge in [0, 0.05) is 42.5 Å². The van der Waals surface area contributed by atoms with E-state index in [9.17, 15) is 13.8 Å². The Morgan fingerprint density at radius 3 is 2.39 bits per heavy atom. The van der Waals surface area contributed by atoms with Crippen molar-refractivity contribution >= 4 is 45.6 Å². The van der Waals surface area contributed by atoms with Crippen molar-refractivity contribution in [1.29, 1.82) is 0 Å². The molecule has 1 fully saturated rings. The number of amides is 2. The van der Waals surface area contributed by atoms with Crippen molar-refractivity contribution in [2.24, 2.45) is 0 Å². The number of benzene rings is 4. The van der Waals surface area contributed by atoms with Gasteiger partial charge in [-0.2, -0.15) is 0 Å². The highest BCUT2D eigenvalue weighted by Gasteiger charge is 2.32. The lowest BCUT2D eigenvalue weighted by molar-refractivity contribution is 0.0746. The van der Waals surface area contributed by atoms with Gasteiger partial charge in [0.2, 0.25) is 0 Å². The number of halogens is 1. The molecule has 8 heteroatoms. The highest BCUT2D eigenvalue weighted by Crippen LogP contribution is 2.36. The predicted molar refractivity (Wildman–Crippen MR) is 164 cm³/mol. The molecule has 208 valence electrons. The molecule has 0 spiro atoms. The lowest BCUT2D eigenvalue weighted by Crippen LogP contribution is -2.49. The van der Waals surface area contributed by atoms with Crippen LogP contribution in [0.25, 0.3) is 0 Å². The molecule has 0 unspecified atom stereocenters. The summed E-state index contributed by atoms with van der Waals surface area (Å²) < 4.78 is 13.7. The van der Waals surface area contributed by atoms with Crippen LogP contribution >= 0.6 is 11.6 Å². The first-order valence-electron chi connectivity index (χ1n) is 13.6. The zero-order valence-corrected chi connectivity index (χ0v) is 24.5. The van der Waals surface area contributed by atoms with Gasteiger partial charge in [0.1, 0.15) is 0 Å². The minimum absolute atomic E-state index is 0.101. The maximum absolute atomic E-state index is 13.9. The molecule has 2 aliphatic rings. The molecule has 1 saturated heterocycles. The van der Waals surface area contributed by atoms with Crippen LogP contribution in [-0.2, 0) is 17.3 Å². The van der Waals surface area contributed by atoms with Crippen LogP contribution < -0.4 is 9.80 Å². The number of hydrogen-bond donors (Lipinski definition) is 0. The normalized spacial score (nSPS) is 16.7. The zero-order chi connectivity index (χ0) is 28.7. The number of hydrogen-bond acceptors (Lipinski definition) is 4. The van der Waals surface area contributed by atoms with Gasteiger partial charge in [0.05, 0.1) is 38.4 Å². The molecular formula is C33H30ClN3O3S. The molecule has 0 aliphatic carbocycles. The monoisotopic (exact) mass is 583 g/mol. The Kier molecular flexibility index (Phi) is 7.41. The molecule has 6 rings (SSSR count). The highest BCUT2D eigenvalue weighted by molar-refractivity contribution is 7.85. The van der Waals surface area contributed by atoms with Gasteiger partial charge in [-0.15, -0.1) is 0 Å². The molecule has 1 atom stereocenters. The molecule has 6 nitrogen and oxygen atoms in total. The first-order valence-corrected chi connectivity index (χ1v) is 15.2. The van der Waals surface area contributed by atoms with Gasteiger partial charge >= 0.3 is 0 Å². The Balaban J connectivity index is 1.32. The fraction of sp³-hybridized carbons (Fsp3) is 0.212. The second-order valence-electron chi connectivity index (χ2n) is 10.5. The number of aryl methyl sites for hydroxylation is 2. The summed E-state index contributed by atoms with van der Waals surface area (Å²) in [5.41, 5.74) is 5.81. The minimum Gasteiger partial charge on any atom is -0.368 e. The van der Waals surface area contributed by atoms with Crippen molar-refractivity contribution in [3.8, 4) is 0 Å². The molecule has 2 amide bonds. The van der Waals surface area contributed by atoms with Crippen molar-refractivity contribution < 1.29 is 13.8 Å². The van der Waals surface area contributed by atoms with Gasteiger partial charge in [-0.05, 0) is 79.1 Å². The van der Waals surface area contributed by atoms with Crippen LogP contribution in [0.4, 0.5) is 11.4 Å². The molecule has 0 N–H and O–H groups in total. The summed E-state index contributed by atoms with van der Waals surface area (Å²) in [6, 6.07) is 25.9. The molecule has 4 aromatic carbocycles. The minimum atomic E-state index is -1.59. The fourth-order valence-corrected chi connectivity index (χ4v) is 7.12. The van der Waals surface area contributed by atoms with Gasteiger partial charge < -0.3 is 14.7 Å². The summed E-state index contributed by atoms with van der Waals surface area (Å²) in [5, 5.41) is 0.567. The number of carbonyl (C=O) groups is 2. The van der Waals surface area contributed by atoms with Gasteiger partial charge in [0.15, 0.2) is 0 Å². The fourth-order valence-electron chi connectivity index (χ4n) is 5.56. The van der Waals surface area contributed by atoms with Crippen LogP contribution in [0.5, 0.6) is 0 Å². The first-order chi connectivity index (χ1) is 19.8. The molecule has 4 aromatic rings. The van der Waals surface area contributed by atoms with Crippen LogP contribution in [0.3, 0.4) is 0 Å². The Bertz CT molecular complexity index is 1700. The van der Waals surface area contributed by atoms with Gasteiger partial charge in [-0.3, -0.25) is 9.59 Å². The lowest BCUT2D eigenvalue weighted by atomic mass is 10.1. The molecule has 0 bridgehead atoms. The lowest BCUT2D eigenvalue weighted by Gasteiger charge is -2.37. The van der Waals surface area contributed by atoms with Crippen LogP contribution in [0.2, 0.25) is 5.02 Å². The summed E-state index contributed by atoms with van der Waals surface area (Å²) in [6.07, 6.45) is 0. The summed E-state index contributed by atoms with van der Waals surface area (Å²) in [6.45, 7) is 7.08. The molecule has 0 aromatic heterocycles. The number of rotatable bonds is 4. The SMILES string of the molecule is Cc1ccc(C)c(N2CCN(C(=O)c3ccc4c(c3)N(Cc3cccc(Cl)c3)C(=O)c3ccccc3[S@@]4=O)CC2)c1. The Morgan fingerprint density at radius 2 is 1.61 bits per heavy atom. The number of fused-ring (bicyclic) bond motifs is 2. The standard InChI is InChI=1S/C33H30ClN3O3S/c1-22-10-11-23(2)28(18-22)35-14-16-36(17-15-35)32(38)25-12-13-31-29(20-25)37(21-24-6-5-7-26(34)19-24)33(39)27-8-3-4-9-30(27)41(31)40/h3-13,18-20H,14-17,21H2,1-2H3/t41-/m0/s1. The molecule has 2 heterocycles. The van der Waals surface area contributed by atoms with Gasteiger partial charge in [-0.1, -0.05) is 48.0 Å². The van der Waals surface area contributed by atoms with Crippen LogP contribution in [-0.4, -0.2) is 47.1 Å². The van der Waals surface area contributed by atoms with Crippen molar-refractivity contribution in [2.75, 3.05) is 36.0 Å². The molecule has 2 aliphatic heterocycles. The third kappa shape index (κ3) is 5.27. The number of nitrogens with zero attached hydrogens (tertiary/aromatic N) is 3. The van der Waals surface area contributed by atoms with E-state index in [1.807, 2.05) is 23.1 Å². The summed E-state index contributed by atoms with van der Waals surface area (Å²) in [4.78, 5) is 34.4. The first kappa shape index (κ1) is 27.2. The Hall–Kier alpha value is -3.94. The number of carbonyl (C=O) groups excluding carboxylic acids is 2. The summed E-state index contributed by atoms with van der Waals surface area (Å²) >= 11 is 6.25. The van der Waals surface area contributed by atoms with E-state index in [0.717, 1.165) is 18.7 Å². The third-order valence-electron chi connectivity index (χ3n) is 7.76. The molecule has 0 radical (unpaired) electrons. The Labute approximate surface area is 247 Å². The zero-order valence-electron chi connectivity index (χ0n) is 23.0. The van der Waals surface area contributed by atoms with E-state index in [0.29, 0.717) is 44.7 Å². The smallest absolute Gasteiger partial charge is 0.259 e. The molecule has 0 saturated carbocycles. The van der Waals surface area contributed by atoms with E-state index in [-0.39, 0.29) is 18.4 Å². The average molecular weight is 584 g/mol. The highest BCUT2D eigenvalue weighted by atomic mass is 35.5. The van der Waals surface area contributed by atoms with E-state index in [2.05, 4.69) is 36.9 Å². The summed E-state index contributed by atoms with van der Waals surface area (Å²) in [7, 11) is -1.59. The van der Waals surface area contributed by atoms with Crippen LogP contribution in [0.15, 0.2) is 94.7 Å². The van der Waals surface area contributed by atoms with E-state index in [1.165, 1.54) is 16.8 Å². The van der Waals surface area contributed by atoms with E-state index in [4.69, 9.17) is 11.6 Å². The predicted octanol–water partition coefficient (Wildman–Crippen LogP) is 6.25. The van der Waals surface area contributed by atoms with Gasteiger partial charge in [0.25, 0.3) is 11.8 Å². The van der Waals surface area contributed by atoms with E-state index < -0.39 is 10.8 Å². The number of piperazine rings is 1. The van der Waals surface area contributed by atoms with Crippen molar-refractivity contribution in [1.82, 2.24) is 4.90 Å². The maximum atomic E-state index is 13.9. The topological polar surface area (TPSA) is 60.9 Å². The largest absolute Gasteiger partial charge is 0.368 e. The molecular weight excluding hydrogens is 554 g/mol. The van der Waals surface area contributed by atoms with Crippen LogP contribution in [0, 0.1) is 13.8 Å². The van der Waals surface area contributed by atoms with Crippen molar-refractivity contribution in [3.05, 3.63) is 118 Å². The van der Waals surface area contributed by atoms with Crippen LogP contribution in [0.1, 0.15) is 37.4 Å². The van der Waals surface area contributed by atoms with Gasteiger partial charge in [-0.25, -0.2) is 4.21 Å². The quantitative estimate of drug-likeness (QED) is 0.285. The van der Waals surface area contributed by atoms with E-state index in [1.54, 1.807) is 53.4 Å². The third-order valence-corrected chi connectivity index (χ3v) is 9.50. The second kappa shape index (κ2) is 11.1. The maximum Gasteiger partial charge on any atom is 0.259 e. The van der Waals surface area contributed by atoms with Crippen molar-refractivity contribution in [2.45, 2.75) is 30.2 Å². The Morgan fingerprint density at radius 1 is 0.829 bits per heavy atom. The summed E-state index contributed by atoms with van der Waals surface area (Å²) in [5.74, 6) is -0.365. The average Bonchev–Trinajstić information content (AvgIpc) is 3.07. The van der Waals surface area contributed by atoms with E-state index >= 15 is 0 Å².